The fourth-order valence-corrected chi connectivity index (χ4v) is 4.13. The van der Waals surface area contributed by atoms with E-state index in [4.69, 9.17) is 4.74 Å². The van der Waals surface area contributed by atoms with E-state index in [1.54, 1.807) is 19.1 Å². The van der Waals surface area contributed by atoms with Gasteiger partial charge >= 0.3 is 5.97 Å². The van der Waals surface area contributed by atoms with Gasteiger partial charge in [-0.15, -0.1) is 0 Å². The van der Waals surface area contributed by atoms with E-state index in [-0.39, 0.29) is 28.4 Å². The van der Waals surface area contributed by atoms with Crippen LogP contribution in [0.1, 0.15) is 29.5 Å². The smallest absolute Gasteiger partial charge is 0.328 e. The van der Waals surface area contributed by atoms with Gasteiger partial charge in [-0.25, -0.2) is 4.79 Å². The van der Waals surface area contributed by atoms with E-state index in [0.29, 0.717) is 6.61 Å². The molecule has 2 aliphatic rings. The monoisotopic (exact) mass is 338 g/mol. The third kappa shape index (κ3) is 2.45. The SMILES string of the molecule is CCOC(=O)[C@H]1Nc2ccc([N+](=O)[O-])cc2[C@H]2c3ccccc3C[C@H]21. The molecule has 25 heavy (non-hydrogen) atoms. The van der Waals surface area contributed by atoms with Gasteiger partial charge in [-0.05, 0) is 36.1 Å². The fourth-order valence-electron chi connectivity index (χ4n) is 4.13. The summed E-state index contributed by atoms with van der Waals surface area (Å²) in [5.41, 5.74) is 4.04. The fraction of sp³-hybridized carbons (Fsp3) is 0.316. The number of ether oxygens (including phenoxy) is 1. The minimum Gasteiger partial charge on any atom is -0.464 e. The van der Waals surface area contributed by atoms with Gasteiger partial charge in [-0.2, -0.15) is 0 Å². The predicted octanol–water partition coefficient (Wildman–Crippen LogP) is 3.26. The molecule has 6 heteroatoms. The number of nitro benzene ring substituents is 1. The predicted molar refractivity (Wildman–Crippen MR) is 92.6 cm³/mol. The van der Waals surface area contributed by atoms with Crippen LogP contribution in [0.15, 0.2) is 42.5 Å². The van der Waals surface area contributed by atoms with E-state index in [9.17, 15) is 14.9 Å². The van der Waals surface area contributed by atoms with Crippen molar-refractivity contribution in [2.45, 2.75) is 25.3 Å². The van der Waals surface area contributed by atoms with Crippen molar-refractivity contribution in [1.29, 1.82) is 0 Å². The Hall–Kier alpha value is -2.89. The maximum Gasteiger partial charge on any atom is 0.328 e. The maximum absolute atomic E-state index is 12.5. The Kier molecular flexibility index (Phi) is 3.67. The number of fused-ring (bicyclic) bond motifs is 5. The summed E-state index contributed by atoms with van der Waals surface area (Å²) in [4.78, 5) is 23.3. The third-order valence-electron chi connectivity index (χ3n) is 5.13. The van der Waals surface area contributed by atoms with Crippen LogP contribution in [0.4, 0.5) is 11.4 Å². The van der Waals surface area contributed by atoms with Crippen LogP contribution in [0, 0.1) is 16.0 Å². The van der Waals surface area contributed by atoms with Crippen molar-refractivity contribution < 1.29 is 14.5 Å². The maximum atomic E-state index is 12.5. The van der Waals surface area contributed by atoms with Gasteiger partial charge in [0.2, 0.25) is 0 Å². The Labute approximate surface area is 145 Å². The second-order valence-electron chi connectivity index (χ2n) is 6.45. The molecule has 0 unspecified atom stereocenters. The Bertz CT molecular complexity index is 864. The summed E-state index contributed by atoms with van der Waals surface area (Å²) in [7, 11) is 0. The molecule has 0 fully saturated rings. The number of carbonyl (C=O) groups excluding carboxylic acids is 1. The molecule has 2 aromatic rings. The highest BCUT2D eigenvalue weighted by atomic mass is 16.6. The number of hydrogen-bond donors (Lipinski definition) is 1. The zero-order chi connectivity index (χ0) is 17.6. The standard InChI is InChI=1S/C19H18N2O4/c1-2-25-19(22)18-15-9-11-5-3-4-6-13(11)17(15)14-10-12(21(23)24)7-8-16(14)20-18/h3-8,10,15,17-18,20H,2,9H2,1H3/t15-,17-,18+/m1/s1. The largest absolute Gasteiger partial charge is 0.464 e. The highest BCUT2D eigenvalue weighted by Crippen LogP contribution is 2.50. The van der Waals surface area contributed by atoms with Crippen LogP contribution in [0.5, 0.6) is 0 Å². The van der Waals surface area contributed by atoms with Crippen LogP contribution in [0.3, 0.4) is 0 Å². The summed E-state index contributed by atoms with van der Waals surface area (Å²) in [6.45, 7) is 2.12. The number of nitrogens with one attached hydrogen (secondary N) is 1. The number of carbonyl (C=O) groups is 1. The van der Waals surface area contributed by atoms with Crippen molar-refractivity contribution in [3.8, 4) is 0 Å². The summed E-state index contributed by atoms with van der Waals surface area (Å²) in [6.07, 6.45) is 0.749. The molecule has 0 radical (unpaired) electrons. The Morgan fingerprint density at radius 2 is 2.08 bits per heavy atom. The molecule has 2 aromatic carbocycles. The molecule has 0 saturated carbocycles. The molecule has 0 spiro atoms. The van der Waals surface area contributed by atoms with Crippen LogP contribution in [-0.4, -0.2) is 23.5 Å². The summed E-state index contributed by atoms with van der Waals surface area (Å²) < 4.78 is 5.26. The van der Waals surface area contributed by atoms with E-state index in [2.05, 4.69) is 17.4 Å². The lowest BCUT2D eigenvalue weighted by Crippen LogP contribution is -2.43. The molecule has 1 N–H and O–H groups in total. The van der Waals surface area contributed by atoms with E-state index >= 15 is 0 Å². The average Bonchev–Trinajstić information content (AvgIpc) is 3.00. The zero-order valence-electron chi connectivity index (χ0n) is 13.8. The van der Waals surface area contributed by atoms with Crippen molar-refractivity contribution in [2.75, 3.05) is 11.9 Å². The van der Waals surface area contributed by atoms with E-state index in [0.717, 1.165) is 23.2 Å². The van der Waals surface area contributed by atoms with Crippen molar-refractivity contribution in [2.24, 2.45) is 5.92 Å². The van der Waals surface area contributed by atoms with Gasteiger partial charge < -0.3 is 10.1 Å². The van der Waals surface area contributed by atoms with Crippen molar-refractivity contribution >= 4 is 17.3 Å². The highest BCUT2D eigenvalue weighted by molar-refractivity contribution is 5.83. The minimum absolute atomic E-state index is 0.00838. The number of rotatable bonds is 3. The highest BCUT2D eigenvalue weighted by Gasteiger charge is 2.46. The number of esters is 1. The summed E-state index contributed by atoms with van der Waals surface area (Å²) >= 11 is 0. The molecule has 4 rings (SSSR count). The number of benzene rings is 2. The van der Waals surface area contributed by atoms with Crippen LogP contribution < -0.4 is 5.32 Å². The molecule has 1 heterocycles. The number of nitro groups is 1. The van der Waals surface area contributed by atoms with Gasteiger partial charge in [0.15, 0.2) is 0 Å². The Balaban J connectivity index is 1.85. The molecule has 0 bridgehead atoms. The number of non-ortho nitro benzene ring substituents is 1. The average molecular weight is 338 g/mol. The van der Waals surface area contributed by atoms with Gasteiger partial charge in [0.25, 0.3) is 5.69 Å². The molecular formula is C19H18N2O4. The van der Waals surface area contributed by atoms with Crippen molar-refractivity contribution in [3.63, 3.8) is 0 Å². The lowest BCUT2D eigenvalue weighted by atomic mass is 9.77. The first-order valence-corrected chi connectivity index (χ1v) is 8.39. The summed E-state index contributed by atoms with van der Waals surface area (Å²) in [5.74, 6) is -0.318. The Morgan fingerprint density at radius 1 is 1.28 bits per heavy atom. The van der Waals surface area contributed by atoms with E-state index in [1.807, 2.05) is 12.1 Å². The zero-order valence-corrected chi connectivity index (χ0v) is 13.8. The minimum atomic E-state index is -0.452. The summed E-state index contributed by atoms with van der Waals surface area (Å²) in [6, 6.07) is 12.4. The first-order valence-electron chi connectivity index (χ1n) is 8.39. The van der Waals surface area contributed by atoms with Gasteiger partial charge in [-0.1, -0.05) is 24.3 Å². The molecule has 3 atom stereocenters. The van der Waals surface area contributed by atoms with Gasteiger partial charge in [0, 0.05) is 29.7 Å². The second kappa shape index (κ2) is 5.88. The summed E-state index contributed by atoms with van der Waals surface area (Å²) in [5, 5.41) is 14.5. The molecule has 128 valence electrons. The lowest BCUT2D eigenvalue weighted by molar-refractivity contribution is -0.384. The number of nitrogens with zero attached hydrogens (tertiary/aromatic N) is 1. The van der Waals surface area contributed by atoms with Crippen molar-refractivity contribution in [3.05, 3.63) is 69.3 Å². The lowest BCUT2D eigenvalue weighted by Gasteiger charge is -2.35. The van der Waals surface area contributed by atoms with E-state index in [1.165, 1.54) is 11.6 Å². The molecule has 0 saturated heterocycles. The van der Waals surface area contributed by atoms with Crippen LogP contribution >= 0.6 is 0 Å². The van der Waals surface area contributed by atoms with Crippen LogP contribution in [0.25, 0.3) is 0 Å². The van der Waals surface area contributed by atoms with E-state index < -0.39 is 6.04 Å². The molecule has 6 nitrogen and oxygen atoms in total. The number of hydrogen-bond acceptors (Lipinski definition) is 5. The number of anilines is 1. The van der Waals surface area contributed by atoms with Gasteiger partial charge in [-0.3, -0.25) is 10.1 Å². The van der Waals surface area contributed by atoms with Crippen LogP contribution in [0.2, 0.25) is 0 Å². The molecule has 1 aliphatic carbocycles. The first-order chi connectivity index (χ1) is 12.1. The van der Waals surface area contributed by atoms with Crippen LogP contribution in [-0.2, 0) is 16.0 Å². The molecule has 1 aliphatic heterocycles. The third-order valence-corrected chi connectivity index (χ3v) is 5.13. The molecular weight excluding hydrogens is 320 g/mol. The van der Waals surface area contributed by atoms with Gasteiger partial charge in [0.05, 0.1) is 11.5 Å². The van der Waals surface area contributed by atoms with Crippen molar-refractivity contribution in [1.82, 2.24) is 0 Å². The first kappa shape index (κ1) is 15.6. The molecule has 0 amide bonds. The normalized spacial score (nSPS) is 23.0. The molecule has 0 aromatic heterocycles. The topological polar surface area (TPSA) is 81.5 Å². The van der Waals surface area contributed by atoms with Gasteiger partial charge in [0.1, 0.15) is 6.04 Å². The second-order valence-corrected chi connectivity index (χ2v) is 6.45. The quantitative estimate of drug-likeness (QED) is 0.528. The Morgan fingerprint density at radius 3 is 2.84 bits per heavy atom.